The first-order valence-corrected chi connectivity index (χ1v) is 7.09. The Hall–Kier alpha value is -2.00. The van der Waals surface area contributed by atoms with E-state index in [0.717, 1.165) is 30.8 Å². The van der Waals surface area contributed by atoms with Gasteiger partial charge in [0.15, 0.2) is 0 Å². The molecule has 0 aliphatic carbocycles. The number of aromatic hydroxyl groups is 1. The summed E-state index contributed by atoms with van der Waals surface area (Å²) in [6.07, 6.45) is 1.05. The molecule has 3 nitrogen and oxygen atoms in total. The SMILES string of the molecule is Cc1cc(NC2CCNCc3ccccc32)ccc1O. The summed E-state index contributed by atoms with van der Waals surface area (Å²) in [4.78, 5) is 0. The number of rotatable bonds is 2. The molecule has 1 atom stereocenters. The van der Waals surface area contributed by atoms with Crippen molar-refractivity contribution in [3.8, 4) is 5.75 Å². The number of benzene rings is 2. The average Bonchev–Trinajstić information content (AvgIpc) is 2.66. The first-order chi connectivity index (χ1) is 9.74. The standard InChI is InChI=1S/C17H20N2O/c1-12-10-14(6-7-17(12)20)19-16-8-9-18-11-13-4-2-3-5-15(13)16/h2-7,10,16,18-20H,8-9,11H2,1H3. The molecule has 3 N–H and O–H groups in total. The Morgan fingerprint density at radius 1 is 1.20 bits per heavy atom. The van der Waals surface area contributed by atoms with Crippen LogP contribution in [0.5, 0.6) is 5.75 Å². The van der Waals surface area contributed by atoms with Gasteiger partial charge in [-0.15, -0.1) is 0 Å². The fourth-order valence-electron chi connectivity index (χ4n) is 2.76. The van der Waals surface area contributed by atoms with Crippen molar-refractivity contribution in [1.82, 2.24) is 5.32 Å². The predicted octanol–water partition coefficient (Wildman–Crippen LogP) is 3.35. The van der Waals surface area contributed by atoms with E-state index in [-0.39, 0.29) is 0 Å². The average molecular weight is 268 g/mol. The van der Waals surface area contributed by atoms with Gasteiger partial charge >= 0.3 is 0 Å². The Kier molecular flexibility index (Phi) is 3.61. The first kappa shape index (κ1) is 13.0. The molecule has 1 unspecified atom stereocenters. The van der Waals surface area contributed by atoms with Gasteiger partial charge in [0.1, 0.15) is 5.75 Å². The van der Waals surface area contributed by atoms with Crippen LogP contribution in [0.1, 0.15) is 29.2 Å². The van der Waals surface area contributed by atoms with Crippen LogP contribution in [0.2, 0.25) is 0 Å². The highest BCUT2D eigenvalue weighted by molar-refractivity contribution is 5.52. The third kappa shape index (κ3) is 2.63. The van der Waals surface area contributed by atoms with Gasteiger partial charge in [-0.2, -0.15) is 0 Å². The van der Waals surface area contributed by atoms with Gasteiger partial charge in [-0.1, -0.05) is 24.3 Å². The van der Waals surface area contributed by atoms with Gasteiger partial charge in [-0.05, 0) is 54.8 Å². The second-order valence-electron chi connectivity index (χ2n) is 5.36. The molecule has 2 aromatic rings. The molecule has 1 heterocycles. The molecule has 3 heteroatoms. The third-order valence-corrected chi connectivity index (χ3v) is 3.89. The minimum atomic E-state index is 0.310. The van der Waals surface area contributed by atoms with Crippen LogP contribution in [-0.2, 0) is 6.54 Å². The monoisotopic (exact) mass is 268 g/mol. The smallest absolute Gasteiger partial charge is 0.118 e. The summed E-state index contributed by atoms with van der Waals surface area (Å²) in [7, 11) is 0. The summed E-state index contributed by atoms with van der Waals surface area (Å²) in [6.45, 7) is 3.86. The molecule has 1 aliphatic heterocycles. The number of nitrogens with one attached hydrogen (secondary N) is 2. The largest absolute Gasteiger partial charge is 0.508 e. The van der Waals surface area contributed by atoms with Gasteiger partial charge < -0.3 is 15.7 Å². The maximum atomic E-state index is 9.61. The van der Waals surface area contributed by atoms with Crippen LogP contribution in [0, 0.1) is 6.92 Å². The quantitative estimate of drug-likeness (QED) is 0.732. The third-order valence-electron chi connectivity index (χ3n) is 3.89. The molecule has 104 valence electrons. The number of phenolic OH excluding ortho intramolecular Hbond substituents is 1. The minimum absolute atomic E-state index is 0.310. The lowest BCUT2D eigenvalue weighted by atomic mass is 9.99. The molecule has 2 aromatic carbocycles. The van der Waals surface area contributed by atoms with Crippen LogP contribution >= 0.6 is 0 Å². The lowest BCUT2D eigenvalue weighted by molar-refractivity contribution is 0.471. The Morgan fingerprint density at radius 2 is 2.05 bits per heavy atom. The maximum Gasteiger partial charge on any atom is 0.118 e. The van der Waals surface area contributed by atoms with Crippen molar-refractivity contribution in [3.05, 3.63) is 59.2 Å². The van der Waals surface area contributed by atoms with E-state index in [1.165, 1.54) is 11.1 Å². The van der Waals surface area contributed by atoms with E-state index in [9.17, 15) is 5.11 Å². The summed E-state index contributed by atoms with van der Waals surface area (Å²) in [6, 6.07) is 14.6. The van der Waals surface area contributed by atoms with Crippen LogP contribution in [0.25, 0.3) is 0 Å². The van der Waals surface area contributed by atoms with Crippen molar-refractivity contribution < 1.29 is 5.11 Å². The fraction of sp³-hybridized carbons (Fsp3) is 0.294. The van der Waals surface area contributed by atoms with Crippen molar-refractivity contribution >= 4 is 5.69 Å². The number of hydrogen-bond acceptors (Lipinski definition) is 3. The highest BCUT2D eigenvalue weighted by Crippen LogP contribution is 2.29. The van der Waals surface area contributed by atoms with E-state index in [1.54, 1.807) is 6.07 Å². The normalized spacial score (nSPS) is 18.1. The van der Waals surface area contributed by atoms with Crippen molar-refractivity contribution in [2.45, 2.75) is 25.9 Å². The zero-order valence-corrected chi connectivity index (χ0v) is 11.7. The Morgan fingerprint density at radius 3 is 2.90 bits per heavy atom. The molecule has 0 spiro atoms. The molecule has 0 fully saturated rings. The van der Waals surface area contributed by atoms with Crippen molar-refractivity contribution in [1.29, 1.82) is 0 Å². The lowest BCUT2D eigenvalue weighted by Crippen LogP contribution is -2.15. The van der Waals surface area contributed by atoms with E-state index >= 15 is 0 Å². The Balaban J connectivity index is 1.88. The molecule has 0 saturated carbocycles. The van der Waals surface area contributed by atoms with Crippen LogP contribution in [0.3, 0.4) is 0 Å². The van der Waals surface area contributed by atoms with Crippen LogP contribution in [-0.4, -0.2) is 11.7 Å². The number of fused-ring (bicyclic) bond motifs is 1. The van der Waals surface area contributed by atoms with E-state index in [4.69, 9.17) is 0 Å². The zero-order chi connectivity index (χ0) is 13.9. The number of aryl methyl sites for hydroxylation is 1. The van der Waals surface area contributed by atoms with Crippen LogP contribution in [0.4, 0.5) is 5.69 Å². The van der Waals surface area contributed by atoms with Gasteiger partial charge in [-0.25, -0.2) is 0 Å². The summed E-state index contributed by atoms with van der Waals surface area (Å²) in [5, 5.41) is 16.7. The second-order valence-corrected chi connectivity index (χ2v) is 5.36. The highest BCUT2D eigenvalue weighted by atomic mass is 16.3. The molecule has 0 aromatic heterocycles. The maximum absolute atomic E-state index is 9.61. The lowest BCUT2D eigenvalue weighted by Gasteiger charge is -2.20. The van der Waals surface area contributed by atoms with Gasteiger partial charge in [0.25, 0.3) is 0 Å². The van der Waals surface area contributed by atoms with Crippen molar-refractivity contribution in [2.24, 2.45) is 0 Å². The van der Waals surface area contributed by atoms with Crippen molar-refractivity contribution in [2.75, 3.05) is 11.9 Å². The summed E-state index contributed by atoms with van der Waals surface area (Å²) >= 11 is 0. The fourth-order valence-corrected chi connectivity index (χ4v) is 2.76. The van der Waals surface area contributed by atoms with E-state index < -0.39 is 0 Å². The predicted molar refractivity (Wildman–Crippen MR) is 82.0 cm³/mol. The number of phenols is 1. The van der Waals surface area contributed by atoms with Crippen molar-refractivity contribution in [3.63, 3.8) is 0 Å². The Labute approximate surface area is 119 Å². The first-order valence-electron chi connectivity index (χ1n) is 7.09. The molecular formula is C17H20N2O. The molecule has 0 saturated heterocycles. The zero-order valence-electron chi connectivity index (χ0n) is 11.7. The molecule has 1 aliphatic rings. The molecular weight excluding hydrogens is 248 g/mol. The summed E-state index contributed by atoms with van der Waals surface area (Å²) in [5.74, 6) is 0.346. The molecule has 0 bridgehead atoms. The summed E-state index contributed by atoms with van der Waals surface area (Å²) in [5.41, 5.74) is 4.68. The highest BCUT2D eigenvalue weighted by Gasteiger charge is 2.17. The molecule has 0 radical (unpaired) electrons. The van der Waals surface area contributed by atoms with E-state index in [1.807, 2.05) is 19.1 Å². The topological polar surface area (TPSA) is 44.3 Å². The van der Waals surface area contributed by atoms with E-state index in [2.05, 4.69) is 34.9 Å². The minimum Gasteiger partial charge on any atom is -0.508 e. The van der Waals surface area contributed by atoms with Crippen LogP contribution < -0.4 is 10.6 Å². The molecule has 0 amide bonds. The number of hydrogen-bond donors (Lipinski definition) is 3. The second kappa shape index (κ2) is 5.55. The van der Waals surface area contributed by atoms with Crippen LogP contribution in [0.15, 0.2) is 42.5 Å². The van der Waals surface area contributed by atoms with Gasteiger partial charge in [-0.3, -0.25) is 0 Å². The molecule has 3 rings (SSSR count). The Bertz CT molecular complexity index is 610. The van der Waals surface area contributed by atoms with Gasteiger partial charge in [0.05, 0.1) is 6.04 Å². The number of anilines is 1. The van der Waals surface area contributed by atoms with E-state index in [0.29, 0.717) is 11.8 Å². The summed E-state index contributed by atoms with van der Waals surface area (Å²) < 4.78 is 0. The van der Waals surface area contributed by atoms with Gasteiger partial charge in [0, 0.05) is 12.2 Å². The van der Waals surface area contributed by atoms with Gasteiger partial charge in [0.2, 0.25) is 0 Å². The molecule has 20 heavy (non-hydrogen) atoms.